The number of hydrogen-bond donors (Lipinski definition) is 12. The number of nitrogens with zero attached hydrogens (tertiary/aromatic N) is 24. The summed E-state index contributed by atoms with van der Waals surface area (Å²) in [7, 11) is 0. The lowest BCUT2D eigenvalue weighted by Gasteiger charge is -2.25. The van der Waals surface area contributed by atoms with Gasteiger partial charge in [0, 0.05) is 0 Å². The van der Waals surface area contributed by atoms with Gasteiger partial charge in [-0.1, -0.05) is 258 Å². The Morgan fingerprint density at radius 3 is 0.457 bits per heavy atom. The monoisotopic (exact) mass is 1870 g/mol. The number of aromatic hydroxyl groups is 8. The van der Waals surface area contributed by atoms with Crippen LogP contribution in [0.1, 0.15) is 135 Å². The zero-order valence-electron chi connectivity index (χ0n) is 77.8. The van der Waals surface area contributed by atoms with Crippen LogP contribution in [0.2, 0.25) is 0 Å². The maximum absolute atomic E-state index is 12.3. The zero-order chi connectivity index (χ0) is 99.0. The molecule has 0 aliphatic rings. The minimum absolute atomic E-state index is 0.0423. The van der Waals surface area contributed by atoms with Crippen LogP contribution in [0, 0.1) is 83.1 Å². The van der Waals surface area contributed by atoms with Gasteiger partial charge in [0.15, 0.2) is 22.4 Å². The first-order valence-electron chi connectivity index (χ1n) is 44.1. The molecule has 20 aromatic rings. The van der Waals surface area contributed by atoms with E-state index in [1.807, 2.05) is 180 Å². The number of rotatable bonds is 20. The highest BCUT2D eigenvalue weighted by Gasteiger charge is 2.46. The van der Waals surface area contributed by atoms with Crippen molar-refractivity contribution in [2.45, 2.75) is 105 Å². The molecule has 0 aliphatic heterocycles. The number of para-hydroxylation sites is 8. The molecule has 0 aliphatic carbocycles. The van der Waals surface area contributed by atoms with Crippen molar-refractivity contribution >= 4 is 0 Å². The van der Waals surface area contributed by atoms with Gasteiger partial charge >= 0.3 is 0 Å². The molecular formula is C104H96N24O12. The van der Waals surface area contributed by atoms with Crippen molar-refractivity contribution in [2.24, 2.45) is 0 Å². The van der Waals surface area contributed by atoms with E-state index >= 15 is 0 Å². The molecule has 12 N–H and O–H groups in total. The Hall–Kier alpha value is -18.0. The van der Waals surface area contributed by atoms with Crippen LogP contribution < -0.4 is 0 Å². The van der Waals surface area contributed by atoms with Gasteiger partial charge in [-0.3, -0.25) is 0 Å². The molecule has 704 valence electrons. The van der Waals surface area contributed by atoms with Crippen LogP contribution in [0.3, 0.4) is 0 Å². The van der Waals surface area contributed by atoms with Crippen molar-refractivity contribution in [3.05, 3.63) is 427 Å². The summed E-state index contributed by atoms with van der Waals surface area (Å²) >= 11 is 0. The second-order valence-corrected chi connectivity index (χ2v) is 34.3. The summed E-state index contributed by atoms with van der Waals surface area (Å²) in [5, 5.41) is 200. The van der Waals surface area contributed by atoms with E-state index in [0.29, 0.717) is 67.8 Å². The lowest BCUT2D eigenvalue weighted by Crippen LogP contribution is -2.30. The van der Waals surface area contributed by atoms with Crippen molar-refractivity contribution in [2.75, 3.05) is 0 Å². The first-order valence-corrected chi connectivity index (χ1v) is 44.1. The summed E-state index contributed by atoms with van der Waals surface area (Å²) in [6, 6.07) is 70.7. The first-order chi connectivity index (χ1) is 67.1. The highest BCUT2D eigenvalue weighted by molar-refractivity contribution is 5.60. The maximum atomic E-state index is 12.3. The van der Waals surface area contributed by atoms with Crippen LogP contribution in [0.5, 0.6) is 46.0 Å². The van der Waals surface area contributed by atoms with Gasteiger partial charge in [0.05, 0.1) is 49.6 Å². The number of phenols is 8. The standard InChI is InChI=1S/2C27H26N6O3.2C25H22N6O3/c2*1-16-11-17(2)13-20(12-16)27(36,23-14-32(30-28-23)25-18(3)7-5-9-21(25)34)24-15-33(31-29-24)26-19(4)8-6-10-22(26)35;2*1-16-8-6-12-19(32)23(16)30-14-21(26-28-30)25(34,18-10-4-3-5-11-18)22-15-31(29-27-22)24-17(2)9-7-13-20(24)33/h2*5-15,34-36H,1-4H3;2*3-15,32-34H,1-2H3. The summed E-state index contributed by atoms with van der Waals surface area (Å²) in [5.41, 5.74) is 10.4. The van der Waals surface area contributed by atoms with Crippen LogP contribution >= 0.6 is 0 Å². The smallest absolute Gasteiger partial charge is 0.181 e. The Morgan fingerprint density at radius 1 is 0.171 bits per heavy atom. The summed E-state index contributed by atoms with van der Waals surface area (Å²) in [4.78, 5) is 0. The van der Waals surface area contributed by atoms with Crippen LogP contribution in [-0.4, -0.2) is 181 Å². The van der Waals surface area contributed by atoms with Gasteiger partial charge in [-0.25, -0.2) is 37.5 Å². The molecule has 0 saturated heterocycles. The van der Waals surface area contributed by atoms with E-state index in [9.17, 15) is 61.3 Å². The fourth-order valence-electron chi connectivity index (χ4n) is 17.3. The average molecular weight is 1870 g/mol. The summed E-state index contributed by atoms with van der Waals surface area (Å²) in [6.07, 6.45) is 12.5. The van der Waals surface area contributed by atoms with E-state index in [-0.39, 0.29) is 91.5 Å². The summed E-state index contributed by atoms with van der Waals surface area (Å²) in [6.45, 7) is 22.6. The van der Waals surface area contributed by atoms with E-state index in [1.165, 1.54) is 37.5 Å². The van der Waals surface area contributed by atoms with Crippen molar-refractivity contribution in [3.8, 4) is 91.5 Å². The Balaban J connectivity index is 0.000000129. The zero-order valence-corrected chi connectivity index (χ0v) is 77.8. The number of hydrogen-bond acceptors (Lipinski definition) is 28. The number of aryl methyl sites for hydroxylation is 12. The molecule has 0 saturated carbocycles. The molecule has 0 atom stereocenters. The third kappa shape index (κ3) is 17.7. The van der Waals surface area contributed by atoms with Crippen molar-refractivity contribution in [1.29, 1.82) is 0 Å². The molecule has 36 heteroatoms. The molecule has 0 spiro atoms. The van der Waals surface area contributed by atoms with Gasteiger partial charge in [-0.15, -0.1) is 40.8 Å². The van der Waals surface area contributed by atoms with Gasteiger partial charge < -0.3 is 61.3 Å². The van der Waals surface area contributed by atoms with E-state index < -0.39 is 22.4 Å². The van der Waals surface area contributed by atoms with Crippen LogP contribution in [0.15, 0.2) is 292 Å². The van der Waals surface area contributed by atoms with Crippen molar-refractivity contribution < 1.29 is 61.3 Å². The van der Waals surface area contributed by atoms with Gasteiger partial charge in [0.25, 0.3) is 0 Å². The van der Waals surface area contributed by atoms with Gasteiger partial charge in [0.2, 0.25) is 0 Å². The molecule has 140 heavy (non-hydrogen) atoms. The van der Waals surface area contributed by atoms with Crippen LogP contribution in [0.25, 0.3) is 45.5 Å². The minimum atomic E-state index is -1.82. The lowest BCUT2D eigenvalue weighted by atomic mass is 9.86. The molecule has 0 radical (unpaired) electrons. The number of benzene rings is 12. The Labute approximate surface area is 800 Å². The minimum Gasteiger partial charge on any atom is -0.506 e. The van der Waals surface area contributed by atoms with Gasteiger partial charge in [0.1, 0.15) is 137 Å². The number of phenolic OH excluding ortho intramolecular Hbond substituents is 8. The Bertz CT molecular complexity index is 6950. The first kappa shape index (κ1) is 93.8. The van der Waals surface area contributed by atoms with Gasteiger partial charge in [-0.2, -0.15) is 0 Å². The Morgan fingerprint density at radius 2 is 0.314 bits per heavy atom. The SMILES string of the molecule is Cc1cc(C)cc(C(O)(c2cn(-c3c(C)cccc3O)nn2)c2cn(-c3c(C)cccc3O)nn2)c1.Cc1cc(C)cc(C(O)(c2cn(-c3c(C)cccc3O)nn2)c2cn(-c3c(C)cccc3O)nn2)c1.Cc1cccc(O)c1-n1cc(C(O)(c2ccccc2)c2cn(-c3c(C)cccc3O)nn2)nn1.Cc1cccc(O)c1-n1cc(C(O)(c2ccccc2)c2cn(-c3c(C)cccc3O)nn2)nn1. The van der Waals surface area contributed by atoms with Crippen LogP contribution in [0.4, 0.5) is 0 Å². The topological polar surface area (TPSA) is 488 Å². The average Bonchev–Trinajstić information content (AvgIpc) is 1.61. The van der Waals surface area contributed by atoms with Gasteiger partial charge in [-0.05, 0) is 198 Å². The van der Waals surface area contributed by atoms with Crippen molar-refractivity contribution in [1.82, 2.24) is 120 Å². The molecule has 8 heterocycles. The van der Waals surface area contributed by atoms with E-state index in [1.54, 1.807) is 195 Å². The second kappa shape index (κ2) is 38.0. The summed E-state index contributed by atoms with van der Waals surface area (Å²) < 4.78 is 11.4. The van der Waals surface area contributed by atoms with Crippen LogP contribution in [-0.2, 0) is 22.4 Å². The molecule has 0 unspecified atom stereocenters. The molecule has 12 aromatic carbocycles. The fraction of sp³-hybridized carbons (Fsp3) is 0.154. The normalized spacial score (nSPS) is 11.7. The number of aliphatic hydroxyl groups is 4. The molecule has 0 amide bonds. The maximum Gasteiger partial charge on any atom is 0.181 e. The third-order valence-corrected chi connectivity index (χ3v) is 24.1. The molecule has 20 rings (SSSR count). The fourth-order valence-corrected chi connectivity index (χ4v) is 17.3. The van der Waals surface area contributed by atoms with E-state index in [2.05, 4.69) is 82.5 Å². The van der Waals surface area contributed by atoms with E-state index in [0.717, 1.165) is 66.8 Å². The highest BCUT2D eigenvalue weighted by Crippen LogP contribution is 2.44. The van der Waals surface area contributed by atoms with E-state index in [4.69, 9.17) is 0 Å². The highest BCUT2D eigenvalue weighted by atomic mass is 16.3. The lowest BCUT2D eigenvalue weighted by molar-refractivity contribution is 0.115. The second-order valence-electron chi connectivity index (χ2n) is 34.3. The largest absolute Gasteiger partial charge is 0.506 e. The molecule has 0 fully saturated rings. The Kier molecular flexibility index (Phi) is 25.5. The molecule has 8 aromatic heterocycles. The summed E-state index contributed by atoms with van der Waals surface area (Å²) in [5.74, 6) is 0.345. The predicted octanol–water partition coefficient (Wildman–Crippen LogP) is 13.9. The quantitative estimate of drug-likeness (QED) is 0.0337. The number of aromatic nitrogens is 24. The van der Waals surface area contributed by atoms with Crippen molar-refractivity contribution in [3.63, 3.8) is 0 Å². The third-order valence-electron chi connectivity index (χ3n) is 24.1. The molecule has 0 bridgehead atoms. The molecule has 36 nitrogen and oxygen atoms in total. The molecular weight excluding hydrogens is 1780 g/mol. The predicted molar refractivity (Wildman–Crippen MR) is 515 cm³/mol.